The van der Waals surface area contributed by atoms with E-state index in [1.54, 1.807) is 131 Å². The van der Waals surface area contributed by atoms with Crippen molar-refractivity contribution in [2.45, 2.75) is 254 Å². The second-order valence-corrected chi connectivity index (χ2v) is 45.9. The highest BCUT2D eigenvalue weighted by Crippen LogP contribution is 2.54. The number of halogens is 4. The fourth-order valence-corrected chi connectivity index (χ4v) is 21.2. The van der Waals surface area contributed by atoms with E-state index in [-0.39, 0.29) is 105 Å². The Bertz CT molecular complexity index is 7200. The van der Waals surface area contributed by atoms with Crippen molar-refractivity contribution in [1.82, 2.24) is 97.6 Å². The van der Waals surface area contributed by atoms with Crippen LogP contribution in [0, 0.1) is 23.3 Å². The number of aliphatic hydroxyl groups excluding tert-OH is 1. The number of imidazole rings is 4. The predicted molar refractivity (Wildman–Crippen MR) is 538 cm³/mol. The van der Waals surface area contributed by atoms with Crippen molar-refractivity contribution < 1.29 is 81.1 Å². The Morgan fingerprint density at radius 3 is 0.816 bits per heavy atom. The standard InChI is InChI=1S/C29H34FN5O4.C28H32FN5O3.C27H32FN5O3.C26H30FN5O3/c1-27(2)18-33(26(37)29(38)10-14-39-15-11-29)12-13-34(27)25(36)23-17-35-24(31-23)21(28(3)8-9-28)16-22(32-35)19-4-6-20(30)7-5-19;1-26(2)17-32(25(36)28(37)9-4-10-28)13-14-33(26)24(35)22-16-34-23(30-22)20(27(3)11-12-27)15-21(31-34)18-5-7-19(29)8-6-18;1-25(2)16-31(24(35)26(3,4)36)12-13-32(25)23(34)21-15-33-22(29-21)19(27(5)10-11-27)14-20(30-33)17-6-8-18(28)9-7-17;1-16(33)23(34)30-11-12-31(25(2,3)15-30)24(35)21-14-32-22(28-21)19(26(4)9-10-26)13-20(29-32)17-5-7-18(27)8-6-17/h4-7,16-17,38H,8-15,18H2,1-3H3;5-8,15-16,37H,4,9-14,17H2,1-3H3;6-9,14-15,36H,10-13,16H2,1-5H3;5-8,13-14,16,33H,9-12,15H2,1-4H3/t;;;16-/m...0/s1. The second kappa shape index (κ2) is 37.5. The zero-order chi connectivity index (χ0) is 105. The van der Waals surface area contributed by atoms with Crippen molar-refractivity contribution >= 4 is 69.8 Å². The Morgan fingerprint density at radius 2 is 0.585 bits per heavy atom. The molecule has 4 N–H and O–H groups in total. The third kappa shape index (κ3) is 20.2. The molecule has 1 atom stereocenters. The number of aliphatic hydroxyl groups is 4. The summed E-state index contributed by atoms with van der Waals surface area (Å²) in [5.41, 5.74) is 7.03. The largest absolute Gasteiger partial charge is 0.384 e. The van der Waals surface area contributed by atoms with Gasteiger partial charge in [-0.25, -0.2) is 55.6 Å². The van der Waals surface area contributed by atoms with Crippen molar-refractivity contribution in [2.24, 2.45) is 0 Å². The van der Waals surface area contributed by atoms with Gasteiger partial charge in [-0.05, 0) is 290 Å². The number of hydrogen-bond acceptors (Lipinski definition) is 21. The van der Waals surface area contributed by atoms with E-state index in [1.807, 2.05) is 79.7 Å². The maximum Gasteiger partial charge on any atom is 0.274 e. The first-order valence-corrected chi connectivity index (χ1v) is 50.8. The van der Waals surface area contributed by atoms with Gasteiger partial charge in [0.25, 0.3) is 47.3 Å². The summed E-state index contributed by atoms with van der Waals surface area (Å²) in [4.78, 5) is 138. The summed E-state index contributed by atoms with van der Waals surface area (Å²) in [5.74, 6) is -3.32. The quantitative estimate of drug-likeness (QED) is 0.0653. The number of hydrogen-bond donors (Lipinski definition) is 4. The molecule has 5 aliphatic heterocycles. The Morgan fingerprint density at radius 1 is 0.347 bits per heavy atom. The molecular weight excluding hydrogens is 1890 g/mol. The Hall–Kier alpha value is -13.4. The third-order valence-electron chi connectivity index (χ3n) is 31.7. The first kappa shape index (κ1) is 102. The highest BCUT2D eigenvalue weighted by atomic mass is 19.1. The van der Waals surface area contributed by atoms with Crippen LogP contribution in [0.15, 0.2) is 146 Å². The van der Waals surface area contributed by atoms with Gasteiger partial charge in [-0.15, -0.1) is 0 Å². The van der Waals surface area contributed by atoms with Crippen LogP contribution in [0.5, 0.6) is 0 Å². The zero-order valence-electron chi connectivity index (χ0n) is 85.9. The van der Waals surface area contributed by atoms with Crippen LogP contribution in [0.4, 0.5) is 17.6 Å². The minimum Gasteiger partial charge on any atom is -0.384 e. The molecule has 0 spiro atoms. The highest BCUT2D eigenvalue weighted by molar-refractivity contribution is 5.97. The topological polar surface area (TPSA) is 373 Å². The molecule has 5 saturated carbocycles. The number of amides is 8. The van der Waals surface area contributed by atoms with Gasteiger partial charge in [0, 0.05) is 149 Å². The molecule has 8 amide bonds. The number of nitrogens with zero attached hydrogens (tertiary/aromatic N) is 20. The normalized spacial score (nSPS) is 20.5. The summed E-state index contributed by atoms with van der Waals surface area (Å²) in [5, 5.41) is 60.1. The van der Waals surface area contributed by atoms with E-state index in [9.17, 15) is 76.3 Å². The van der Waals surface area contributed by atoms with Gasteiger partial charge in [0.2, 0.25) is 0 Å². The van der Waals surface area contributed by atoms with E-state index < -0.39 is 45.1 Å². The molecule has 4 aromatic carbocycles. The number of carbonyl (C=O) groups excluding carboxylic acids is 8. The van der Waals surface area contributed by atoms with Crippen molar-refractivity contribution in [3.8, 4) is 45.0 Å². The van der Waals surface area contributed by atoms with E-state index in [0.29, 0.717) is 173 Å². The summed E-state index contributed by atoms with van der Waals surface area (Å²) in [7, 11) is 0. The van der Waals surface area contributed by atoms with Crippen LogP contribution < -0.4 is 0 Å². The number of carbonyl (C=O) groups is 8. The van der Waals surface area contributed by atoms with Gasteiger partial charge in [0.15, 0.2) is 22.6 Å². The molecule has 13 heterocycles. The summed E-state index contributed by atoms with van der Waals surface area (Å²) >= 11 is 0. The molecular formula is C110H128F4N20O13. The lowest BCUT2D eigenvalue weighted by molar-refractivity contribution is -0.164. The number of fused-ring (bicyclic) bond motifs is 4. The maximum absolute atomic E-state index is 13.8. The van der Waals surface area contributed by atoms with Crippen molar-refractivity contribution in [3.05, 3.63) is 214 Å². The molecule has 12 aromatic rings. The van der Waals surface area contributed by atoms with Crippen LogP contribution in [0.2, 0.25) is 0 Å². The van der Waals surface area contributed by atoms with E-state index in [4.69, 9.17) is 45.1 Å². The maximum atomic E-state index is 13.8. The summed E-state index contributed by atoms with van der Waals surface area (Å²) < 4.78 is 65.9. The molecule has 22 rings (SSSR count). The van der Waals surface area contributed by atoms with Gasteiger partial charge in [-0.1, -0.05) is 27.7 Å². The number of rotatable bonds is 16. The van der Waals surface area contributed by atoms with Crippen LogP contribution in [0.1, 0.15) is 252 Å². The van der Waals surface area contributed by atoms with E-state index in [2.05, 4.69) is 27.7 Å². The van der Waals surface area contributed by atoms with Crippen molar-refractivity contribution in [2.75, 3.05) is 91.8 Å². The molecule has 147 heavy (non-hydrogen) atoms. The van der Waals surface area contributed by atoms with Gasteiger partial charge in [-0.2, -0.15) is 20.4 Å². The SMILES string of the molecule is CC(C)(O)C(=O)N1CCN(C(=O)c2cn3nc(-c4ccc(F)cc4)cc(C4(C)CC4)c3n2)C(C)(C)C1.CC1(c2cc(-c3ccc(F)cc3)nn3cc(C(=O)N4CCN(C(=O)C5(O)CCC5)CC4(C)C)nc23)CC1.CC1(c2cc(-c3ccc(F)cc3)nn3cc(C(=O)N4CCN(C(=O)C5(O)CCOCC5)CC4(C)C)nc23)CC1.C[C@H](O)C(=O)N1CCN(C(=O)c2cn3nc(-c4ccc(F)cc4)cc(C4(C)CC4)c3n2)C(C)(C)C1. The average Bonchev–Trinajstić information content (AvgIpc) is 1.58. The summed E-state index contributed by atoms with van der Waals surface area (Å²) in [6, 6.07) is 32.9. The lowest BCUT2D eigenvalue weighted by atomic mass is 9.78. The Labute approximate surface area is 849 Å². The van der Waals surface area contributed by atoms with Gasteiger partial charge < -0.3 is 64.4 Å². The number of benzene rings is 4. The first-order chi connectivity index (χ1) is 69.2. The van der Waals surface area contributed by atoms with Gasteiger partial charge in [0.05, 0.1) is 69.7 Å². The monoisotopic (exact) mass is 2010 g/mol. The van der Waals surface area contributed by atoms with Crippen LogP contribution in [0.3, 0.4) is 0 Å². The van der Waals surface area contributed by atoms with Crippen LogP contribution >= 0.6 is 0 Å². The van der Waals surface area contributed by atoms with Crippen LogP contribution in [-0.2, 0) is 45.6 Å². The number of ether oxygens (including phenoxy) is 1. The number of aromatic nitrogens is 12. The number of piperazine rings is 4. The van der Waals surface area contributed by atoms with Gasteiger partial charge >= 0.3 is 0 Å². The summed E-state index contributed by atoms with van der Waals surface area (Å²) in [6.45, 7) is 33.2. The molecule has 5 saturated heterocycles. The molecule has 8 aromatic heterocycles. The van der Waals surface area contributed by atoms with Crippen molar-refractivity contribution in [1.29, 1.82) is 0 Å². The second-order valence-electron chi connectivity index (χ2n) is 45.9. The molecule has 33 nitrogen and oxygen atoms in total. The van der Waals surface area contributed by atoms with Crippen LogP contribution in [0.25, 0.3) is 67.6 Å². The molecule has 0 radical (unpaired) electrons. The lowest BCUT2D eigenvalue weighted by Gasteiger charge is -2.49. The van der Waals surface area contributed by atoms with Gasteiger partial charge in [0.1, 0.15) is 69.0 Å². The molecule has 774 valence electrons. The van der Waals surface area contributed by atoms with E-state index in [1.165, 1.54) is 69.3 Å². The lowest BCUT2D eigenvalue weighted by Crippen LogP contribution is -2.65. The molecule has 5 aliphatic carbocycles. The molecule has 0 unspecified atom stereocenters. The summed E-state index contributed by atoms with van der Waals surface area (Å²) in [6.07, 6.45) is 16.2. The molecule has 37 heteroatoms. The minimum absolute atomic E-state index is 0.0301. The minimum atomic E-state index is -1.47. The molecule has 10 aliphatic rings. The molecule has 0 bridgehead atoms. The third-order valence-corrected chi connectivity index (χ3v) is 31.7. The van der Waals surface area contributed by atoms with Crippen molar-refractivity contribution in [3.63, 3.8) is 0 Å². The smallest absolute Gasteiger partial charge is 0.274 e. The molecule has 10 fully saturated rings. The fourth-order valence-electron chi connectivity index (χ4n) is 21.2. The fraction of sp³-hybridized carbons (Fsp3) is 0.491. The predicted octanol–water partition coefficient (Wildman–Crippen LogP) is 13.2. The van der Waals surface area contributed by atoms with E-state index >= 15 is 0 Å². The highest BCUT2D eigenvalue weighted by Gasteiger charge is 2.53. The Balaban J connectivity index is 0.000000124. The average molecular weight is 2010 g/mol. The zero-order valence-corrected chi connectivity index (χ0v) is 85.9. The van der Waals surface area contributed by atoms with Gasteiger partial charge in [-0.3, -0.25) is 38.4 Å². The van der Waals surface area contributed by atoms with E-state index in [0.717, 1.165) is 102 Å². The Kier molecular flexibility index (Phi) is 26.1. The first-order valence-electron chi connectivity index (χ1n) is 50.8. The van der Waals surface area contributed by atoms with Crippen LogP contribution in [-0.4, -0.2) is 302 Å².